The van der Waals surface area contributed by atoms with E-state index in [0.29, 0.717) is 10.6 Å². The fourth-order valence-corrected chi connectivity index (χ4v) is 3.93. The number of benzene rings is 1. The fraction of sp³-hybridized carbons (Fsp3) is 0.385. The molecule has 11 heteroatoms. The fourth-order valence-electron chi connectivity index (χ4n) is 1.93. The highest BCUT2D eigenvalue weighted by atomic mass is 35.5. The Kier molecular flexibility index (Phi) is 7.81. The van der Waals surface area contributed by atoms with E-state index < -0.39 is 22.0 Å². The number of thiol groups is 1. The van der Waals surface area contributed by atoms with Crippen LogP contribution in [0, 0.1) is 0 Å². The average Bonchev–Trinajstić information content (AvgIpc) is 2.45. The minimum absolute atomic E-state index is 0.0863. The van der Waals surface area contributed by atoms with Gasteiger partial charge in [-0.2, -0.15) is 16.9 Å². The second kappa shape index (κ2) is 8.91. The molecule has 0 saturated heterocycles. The highest BCUT2D eigenvalue weighted by molar-refractivity contribution is 7.88. The van der Waals surface area contributed by atoms with E-state index in [9.17, 15) is 13.2 Å². The lowest BCUT2D eigenvalue weighted by molar-refractivity contribution is -0.120. The smallest absolute Gasteiger partial charge is 0.236 e. The molecule has 0 spiro atoms. The normalized spacial score (nSPS) is 13.8. The van der Waals surface area contributed by atoms with Crippen LogP contribution in [-0.2, 0) is 19.7 Å². The summed E-state index contributed by atoms with van der Waals surface area (Å²) in [6.07, 6.45) is 0.959. The lowest BCUT2D eigenvalue weighted by Gasteiger charge is -2.26. The van der Waals surface area contributed by atoms with Crippen LogP contribution in [0.1, 0.15) is 5.56 Å². The molecule has 1 amide bonds. The van der Waals surface area contributed by atoms with Crippen LogP contribution in [0.5, 0.6) is 0 Å². The van der Waals surface area contributed by atoms with Gasteiger partial charge in [-0.1, -0.05) is 28.4 Å². The molecule has 0 fully saturated rings. The zero-order chi connectivity index (χ0) is 18.5. The molecule has 1 aromatic rings. The van der Waals surface area contributed by atoms with E-state index in [2.05, 4.69) is 17.8 Å². The summed E-state index contributed by atoms with van der Waals surface area (Å²) >= 11 is 16.0. The molecule has 0 aliphatic heterocycles. The van der Waals surface area contributed by atoms with Gasteiger partial charge in [-0.3, -0.25) is 4.79 Å². The summed E-state index contributed by atoms with van der Waals surface area (Å²) in [5.41, 5.74) is 5.88. The van der Waals surface area contributed by atoms with Gasteiger partial charge in [0.2, 0.25) is 15.9 Å². The van der Waals surface area contributed by atoms with E-state index in [1.807, 2.05) is 0 Å². The van der Waals surface area contributed by atoms with Crippen LogP contribution in [0.4, 0.5) is 0 Å². The predicted octanol–water partition coefficient (Wildman–Crippen LogP) is 1.39. The van der Waals surface area contributed by atoms with Crippen molar-refractivity contribution in [2.45, 2.75) is 6.04 Å². The Hall–Kier alpha value is -1.000. The highest BCUT2D eigenvalue weighted by Crippen LogP contribution is 2.23. The zero-order valence-electron chi connectivity index (χ0n) is 12.9. The van der Waals surface area contributed by atoms with Crippen LogP contribution in [0.3, 0.4) is 0 Å². The van der Waals surface area contributed by atoms with Crippen LogP contribution in [0.15, 0.2) is 23.4 Å². The summed E-state index contributed by atoms with van der Waals surface area (Å²) in [6.45, 7) is -0.276. The number of nitrogens with zero attached hydrogens (tertiary/aromatic N) is 2. The van der Waals surface area contributed by atoms with Crippen LogP contribution >= 0.6 is 35.8 Å². The molecular weight excluding hydrogens is 397 g/mol. The summed E-state index contributed by atoms with van der Waals surface area (Å²) in [5.74, 6) is -0.911. The van der Waals surface area contributed by atoms with Crippen molar-refractivity contribution >= 4 is 57.5 Å². The van der Waals surface area contributed by atoms with Gasteiger partial charge in [-0.25, -0.2) is 8.42 Å². The molecule has 1 rings (SSSR count). The number of carbonyl (C=O) groups excluding carboxylic acids is 1. The monoisotopic (exact) mass is 413 g/mol. The molecule has 134 valence electrons. The molecule has 0 saturated carbocycles. The molecule has 1 aromatic carbocycles. The van der Waals surface area contributed by atoms with E-state index in [1.165, 1.54) is 13.2 Å². The van der Waals surface area contributed by atoms with Crippen molar-refractivity contribution in [3.05, 3.63) is 33.8 Å². The van der Waals surface area contributed by atoms with Gasteiger partial charge in [0.15, 0.2) is 0 Å². The molecule has 0 heterocycles. The van der Waals surface area contributed by atoms with Crippen LogP contribution in [-0.4, -0.2) is 56.0 Å². The third kappa shape index (κ3) is 5.52. The van der Waals surface area contributed by atoms with E-state index in [4.69, 9.17) is 33.8 Å². The molecule has 0 aliphatic rings. The first kappa shape index (κ1) is 21.0. The van der Waals surface area contributed by atoms with Gasteiger partial charge >= 0.3 is 0 Å². The second-order valence-corrected chi connectivity index (χ2v) is 7.90. The van der Waals surface area contributed by atoms with Crippen molar-refractivity contribution in [2.75, 3.05) is 25.7 Å². The minimum atomic E-state index is -3.79. The number of hydrogen-bond donors (Lipinski definition) is 2. The van der Waals surface area contributed by atoms with E-state index in [-0.39, 0.29) is 23.0 Å². The number of primary amides is 1. The van der Waals surface area contributed by atoms with Crippen LogP contribution in [0.25, 0.3) is 0 Å². The average molecular weight is 414 g/mol. The van der Waals surface area contributed by atoms with Crippen molar-refractivity contribution < 1.29 is 18.0 Å². The highest BCUT2D eigenvalue weighted by Gasteiger charge is 2.32. The number of rotatable bonds is 8. The number of nitrogens with two attached hydrogens (primary N) is 1. The third-order valence-corrected chi connectivity index (χ3v) is 5.15. The molecule has 24 heavy (non-hydrogen) atoms. The Morgan fingerprint density at radius 1 is 1.46 bits per heavy atom. The first-order valence-electron chi connectivity index (χ1n) is 6.54. The summed E-state index contributed by atoms with van der Waals surface area (Å²) in [6, 6.07) is 3.49. The van der Waals surface area contributed by atoms with Crippen molar-refractivity contribution in [1.29, 1.82) is 0 Å². The number of carbonyl (C=O) groups is 1. The lowest BCUT2D eigenvalue weighted by Crippen LogP contribution is -2.50. The van der Waals surface area contributed by atoms with Gasteiger partial charge in [-0.15, -0.1) is 0 Å². The molecule has 1 unspecified atom stereocenters. The molecule has 0 aromatic heterocycles. The van der Waals surface area contributed by atoms with Gasteiger partial charge < -0.3 is 10.6 Å². The first-order chi connectivity index (χ1) is 11.1. The lowest BCUT2D eigenvalue weighted by atomic mass is 10.1. The maximum atomic E-state index is 12.1. The summed E-state index contributed by atoms with van der Waals surface area (Å²) in [4.78, 5) is 16.3. The largest absolute Gasteiger partial charge is 0.399 e. The van der Waals surface area contributed by atoms with Crippen molar-refractivity contribution in [3.8, 4) is 0 Å². The van der Waals surface area contributed by atoms with E-state index in [1.54, 1.807) is 12.1 Å². The zero-order valence-corrected chi connectivity index (χ0v) is 16.2. The van der Waals surface area contributed by atoms with Crippen molar-refractivity contribution in [1.82, 2.24) is 4.31 Å². The SMILES string of the molecule is CO/N=C(/CN(C(CS)C(N)=O)S(C)(=O)=O)c1ccc(Cl)cc1Cl. The van der Waals surface area contributed by atoms with E-state index in [0.717, 1.165) is 10.6 Å². The summed E-state index contributed by atoms with van der Waals surface area (Å²) in [5, 5.41) is 4.49. The number of oxime groups is 1. The van der Waals surface area contributed by atoms with Crippen LogP contribution < -0.4 is 5.73 Å². The molecule has 1 atom stereocenters. The van der Waals surface area contributed by atoms with Gasteiger partial charge in [0.05, 0.1) is 17.8 Å². The summed E-state index contributed by atoms with van der Waals surface area (Å²) < 4.78 is 25.1. The Morgan fingerprint density at radius 2 is 2.08 bits per heavy atom. The van der Waals surface area contributed by atoms with Crippen LogP contribution in [0.2, 0.25) is 10.0 Å². The van der Waals surface area contributed by atoms with Crippen molar-refractivity contribution in [2.24, 2.45) is 10.9 Å². The standard InChI is InChI=1S/C13H17Cl2N3O4S2/c1-22-17-11(9-4-3-8(14)5-10(9)15)6-18(24(2,20)21)12(7-23)13(16)19/h3-5,12,23H,6-7H2,1-2H3,(H2,16,19)/b17-11-. The molecule has 7 nitrogen and oxygen atoms in total. The van der Waals surface area contributed by atoms with Gasteiger partial charge in [0, 0.05) is 16.3 Å². The summed E-state index contributed by atoms with van der Waals surface area (Å²) in [7, 11) is -2.48. The predicted molar refractivity (Wildman–Crippen MR) is 98.4 cm³/mol. The Labute approximate surface area is 156 Å². The van der Waals surface area contributed by atoms with Gasteiger partial charge in [-0.05, 0) is 18.2 Å². The Bertz CT molecular complexity index is 741. The second-order valence-electron chi connectivity index (χ2n) is 4.75. The minimum Gasteiger partial charge on any atom is -0.399 e. The number of amides is 1. The van der Waals surface area contributed by atoms with Gasteiger partial charge in [0.1, 0.15) is 18.9 Å². The molecule has 2 N–H and O–H groups in total. The van der Waals surface area contributed by atoms with E-state index >= 15 is 0 Å². The van der Waals surface area contributed by atoms with Crippen molar-refractivity contribution in [3.63, 3.8) is 0 Å². The quantitative estimate of drug-likeness (QED) is 0.381. The number of hydrogen-bond acceptors (Lipinski definition) is 6. The maximum Gasteiger partial charge on any atom is 0.236 e. The maximum absolute atomic E-state index is 12.1. The number of sulfonamides is 1. The van der Waals surface area contributed by atoms with Gasteiger partial charge in [0.25, 0.3) is 0 Å². The Morgan fingerprint density at radius 3 is 2.50 bits per heavy atom. The third-order valence-electron chi connectivity index (χ3n) is 3.02. The molecule has 0 aliphatic carbocycles. The molecule has 0 radical (unpaired) electrons. The first-order valence-corrected chi connectivity index (χ1v) is 9.78. The molecule has 0 bridgehead atoms. The molecular formula is C13H17Cl2N3O4S2. The topological polar surface area (TPSA) is 102 Å². The Balaban J connectivity index is 3.34. The number of halogens is 2.